The number of rotatable bonds is 6. The zero-order valence-corrected chi connectivity index (χ0v) is 14.4. The van der Waals surface area contributed by atoms with Crippen LogP contribution in [0.4, 0.5) is 0 Å². The second kappa shape index (κ2) is 7.52. The van der Waals surface area contributed by atoms with Crippen LogP contribution in [0, 0.1) is 5.92 Å². The normalized spacial score (nSPS) is 18.2. The van der Waals surface area contributed by atoms with E-state index in [4.69, 9.17) is 5.73 Å². The average molecular weight is 344 g/mol. The molecule has 1 saturated heterocycles. The highest BCUT2D eigenvalue weighted by Crippen LogP contribution is 2.17. The van der Waals surface area contributed by atoms with Gasteiger partial charge in [0.05, 0.1) is 11.6 Å². The van der Waals surface area contributed by atoms with E-state index >= 15 is 0 Å². The first-order chi connectivity index (χ1) is 12.0. The van der Waals surface area contributed by atoms with E-state index < -0.39 is 0 Å². The molecule has 8 heteroatoms. The van der Waals surface area contributed by atoms with Gasteiger partial charge in [-0.1, -0.05) is 0 Å². The maximum atomic E-state index is 12.2. The van der Waals surface area contributed by atoms with Gasteiger partial charge in [0.2, 0.25) is 5.91 Å². The summed E-state index contributed by atoms with van der Waals surface area (Å²) in [6, 6.07) is 5.62. The van der Waals surface area contributed by atoms with E-state index in [1.54, 1.807) is 6.07 Å². The average Bonchev–Trinajstić information content (AvgIpc) is 3.23. The second-order valence-electron chi connectivity index (χ2n) is 6.47. The monoisotopic (exact) mass is 344 g/mol. The lowest BCUT2D eigenvalue weighted by Gasteiger charge is -2.30. The number of amides is 2. The number of primary amides is 1. The molecule has 1 atom stereocenters. The van der Waals surface area contributed by atoms with Gasteiger partial charge in [0.1, 0.15) is 11.4 Å². The number of nitrogens with two attached hydrogens (primary N) is 1. The van der Waals surface area contributed by atoms with Crippen LogP contribution in [0.15, 0.2) is 24.4 Å². The van der Waals surface area contributed by atoms with Crippen LogP contribution in [0.1, 0.15) is 23.3 Å². The van der Waals surface area contributed by atoms with Crippen molar-refractivity contribution in [3.05, 3.63) is 30.1 Å². The van der Waals surface area contributed by atoms with E-state index in [1.807, 2.05) is 29.9 Å². The number of aromatic amines is 1. The van der Waals surface area contributed by atoms with Gasteiger partial charge in [0.15, 0.2) is 0 Å². The van der Waals surface area contributed by atoms with Gasteiger partial charge in [-0.3, -0.25) is 14.7 Å². The summed E-state index contributed by atoms with van der Waals surface area (Å²) in [5.41, 5.74) is 7.50. The molecule has 0 aromatic carbocycles. The van der Waals surface area contributed by atoms with Crippen molar-refractivity contribution < 1.29 is 9.59 Å². The minimum absolute atomic E-state index is 0.0788. The molecule has 3 rings (SSSR count). The number of nitrogens with zero attached hydrogens (tertiary/aromatic N) is 3. The number of hydrogen-bond donors (Lipinski definition) is 3. The fourth-order valence-electron chi connectivity index (χ4n) is 3.21. The highest BCUT2D eigenvalue weighted by molar-refractivity contribution is 5.93. The summed E-state index contributed by atoms with van der Waals surface area (Å²) in [7, 11) is 1.93. The molecule has 1 aliphatic heterocycles. The van der Waals surface area contributed by atoms with Gasteiger partial charge in [-0.25, -0.2) is 0 Å². The molecule has 134 valence electrons. The number of piperidine rings is 1. The molecule has 2 aromatic heterocycles. The lowest BCUT2D eigenvalue weighted by molar-refractivity contribution is -0.123. The number of carbonyl (C=O) groups is 2. The first-order valence-electron chi connectivity index (χ1n) is 8.51. The van der Waals surface area contributed by atoms with E-state index in [1.165, 1.54) is 0 Å². The highest BCUT2D eigenvalue weighted by atomic mass is 16.2. The van der Waals surface area contributed by atoms with Crippen LogP contribution in [0.5, 0.6) is 0 Å². The first kappa shape index (κ1) is 17.2. The van der Waals surface area contributed by atoms with E-state index in [2.05, 4.69) is 20.4 Å². The summed E-state index contributed by atoms with van der Waals surface area (Å²) in [4.78, 5) is 25.7. The number of aromatic nitrogens is 3. The van der Waals surface area contributed by atoms with E-state index in [0.717, 1.165) is 30.8 Å². The molecule has 1 unspecified atom stereocenters. The minimum Gasteiger partial charge on any atom is -0.369 e. The lowest BCUT2D eigenvalue weighted by Crippen LogP contribution is -2.44. The molecule has 4 N–H and O–H groups in total. The molecule has 2 amide bonds. The Labute approximate surface area is 146 Å². The van der Waals surface area contributed by atoms with Crippen LogP contribution in [-0.4, -0.2) is 57.7 Å². The van der Waals surface area contributed by atoms with Crippen molar-refractivity contribution in [2.45, 2.75) is 12.8 Å². The van der Waals surface area contributed by atoms with E-state index in [0.29, 0.717) is 25.3 Å². The minimum atomic E-state index is -0.237. The number of likely N-dealkylation sites (tertiary alicyclic amines) is 1. The van der Waals surface area contributed by atoms with Gasteiger partial charge in [-0.05, 0) is 37.6 Å². The van der Waals surface area contributed by atoms with E-state index in [9.17, 15) is 9.59 Å². The molecule has 0 saturated carbocycles. The fourth-order valence-corrected chi connectivity index (χ4v) is 3.21. The predicted octanol–water partition coefficient (Wildman–Crippen LogP) is 0.342. The molecule has 2 aromatic rings. The third-order valence-corrected chi connectivity index (χ3v) is 4.65. The Hall–Kier alpha value is -2.61. The molecule has 0 aliphatic carbocycles. The molecule has 3 heterocycles. The second-order valence-corrected chi connectivity index (χ2v) is 6.47. The van der Waals surface area contributed by atoms with Crippen molar-refractivity contribution >= 4 is 11.8 Å². The third-order valence-electron chi connectivity index (χ3n) is 4.65. The molecule has 1 aliphatic rings. The van der Waals surface area contributed by atoms with Gasteiger partial charge >= 0.3 is 0 Å². The molecule has 25 heavy (non-hydrogen) atoms. The van der Waals surface area contributed by atoms with Crippen molar-refractivity contribution in [1.29, 1.82) is 0 Å². The summed E-state index contributed by atoms with van der Waals surface area (Å²) in [6.45, 7) is 2.82. The SMILES string of the molecule is Cn1cccc1-c1cc(C(=O)NCCN2CCCC(C(N)=O)C2)[nH]n1. The van der Waals surface area contributed by atoms with E-state index in [-0.39, 0.29) is 17.7 Å². The third kappa shape index (κ3) is 4.08. The first-order valence-corrected chi connectivity index (χ1v) is 8.51. The van der Waals surface area contributed by atoms with Crippen LogP contribution in [0.3, 0.4) is 0 Å². The number of hydrogen-bond acceptors (Lipinski definition) is 4. The van der Waals surface area contributed by atoms with Crippen LogP contribution in [-0.2, 0) is 11.8 Å². The van der Waals surface area contributed by atoms with Crippen molar-refractivity contribution in [3.8, 4) is 11.4 Å². The van der Waals surface area contributed by atoms with Gasteiger partial charge < -0.3 is 20.5 Å². The van der Waals surface area contributed by atoms with Crippen molar-refractivity contribution in [2.75, 3.05) is 26.2 Å². The van der Waals surface area contributed by atoms with Crippen molar-refractivity contribution in [2.24, 2.45) is 18.7 Å². The molecule has 1 fully saturated rings. The van der Waals surface area contributed by atoms with Crippen LogP contribution < -0.4 is 11.1 Å². The zero-order valence-electron chi connectivity index (χ0n) is 14.4. The topological polar surface area (TPSA) is 109 Å². The summed E-state index contributed by atoms with van der Waals surface area (Å²) < 4.78 is 1.95. The van der Waals surface area contributed by atoms with Crippen molar-refractivity contribution in [1.82, 2.24) is 25.0 Å². The number of carbonyl (C=O) groups excluding carboxylic acids is 2. The Bertz CT molecular complexity index is 750. The van der Waals surface area contributed by atoms with Gasteiger partial charge in [0, 0.05) is 32.9 Å². The van der Waals surface area contributed by atoms with Crippen LogP contribution in [0.2, 0.25) is 0 Å². The number of nitrogens with one attached hydrogen (secondary N) is 2. The van der Waals surface area contributed by atoms with Gasteiger partial charge in [-0.15, -0.1) is 0 Å². The largest absolute Gasteiger partial charge is 0.369 e. The summed E-state index contributed by atoms with van der Waals surface area (Å²) >= 11 is 0. The number of H-pyrrole nitrogens is 1. The Morgan fingerprint density at radius 1 is 1.48 bits per heavy atom. The zero-order chi connectivity index (χ0) is 17.8. The fraction of sp³-hybridized carbons (Fsp3) is 0.471. The quantitative estimate of drug-likeness (QED) is 0.702. The standard InChI is InChI=1S/C17H24N6O2/c1-22-7-3-5-15(22)13-10-14(21-20-13)17(25)19-6-9-23-8-2-4-12(11-23)16(18)24/h3,5,7,10,12H,2,4,6,8-9,11H2,1H3,(H2,18,24)(H,19,25)(H,20,21). The maximum Gasteiger partial charge on any atom is 0.269 e. The Kier molecular flexibility index (Phi) is 5.18. The van der Waals surface area contributed by atoms with Crippen molar-refractivity contribution in [3.63, 3.8) is 0 Å². The lowest BCUT2D eigenvalue weighted by atomic mass is 9.97. The summed E-state index contributed by atoms with van der Waals surface area (Å²) in [6.07, 6.45) is 3.75. The molecule has 0 bridgehead atoms. The number of aryl methyl sites for hydroxylation is 1. The highest BCUT2D eigenvalue weighted by Gasteiger charge is 2.23. The predicted molar refractivity (Wildman–Crippen MR) is 93.7 cm³/mol. The summed E-state index contributed by atoms with van der Waals surface area (Å²) in [5, 5.41) is 9.87. The van der Waals surface area contributed by atoms with Crippen LogP contribution in [0.25, 0.3) is 11.4 Å². The molecular weight excluding hydrogens is 320 g/mol. The van der Waals surface area contributed by atoms with Crippen LogP contribution >= 0.6 is 0 Å². The Morgan fingerprint density at radius 2 is 2.32 bits per heavy atom. The Morgan fingerprint density at radius 3 is 3.04 bits per heavy atom. The maximum absolute atomic E-state index is 12.2. The smallest absolute Gasteiger partial charge is 0.269 e. The molecular formula is C17H24N6O2. The van der Waals surface area contributed by atoms with Gasteiger partial charge in [0.25, 0.3) is 5.91 Å². The summed E-state index contributed by atoms with van der Waals surface area (Å²) in [5.74, 6) is -0.499. The van der Waals surface area contributed by atoms with Gasteiger partial charge in [-0.2, -0.15) is 5.10 Å². The molecule has 0 radical (unpaired) electrons. The molecule has 0 spiro atoms. The molecule has 8 nitrogen and oxygen atoms in total. The Balaban J connectivity index is 1.49.